The van der Waals surface area contributed by atoms with Crippen LogP contribution in [0.5, 0.6) is 0 Å². The fourth-order valence-electron chi connectivity index (χ4n) is 3.89. The van der Waals surface area contributed by atoms with Crippen molar-refractivity contribution >= 4 is 33.3 Å². The predicted molar refractivity (Wildman–Crippen MR) is 110 cm³/mol. The first-order chi connectivity index (χ1) is 13.2. The van der Waals surface area contributed by atoms with Crippen LogP contribution in [-0.2, 0) is 24.1 Å². The van der Waals surface area contributed by atoms with Crippen molar-refractivity contribution in [1.29, 1.82) is 0 Å². The van der Waals surface area contributed by atoms with Crippen LogP contribution in [0.4, 0.5) is 0 Å². The molecule has 0 saturated carbocycles. The van der Waals surface area contributed by atoms with Gasteiger partial charge in [0.15, 0.2) is 5.16 Å². The molecule has 2 aromatic rings. The summed E-state index contributed by atoms with van der Waals surface area (Å²) < 4.78 is 7.18. The number of morpholine rings is 1. The molecular weight excluding hydrogens is 382 g/mol. The summed E-state index contributed by atoms with van der Waals surface area (Å²) in [7, 11) is 0. The molecule has 2 aliphatic rings. The van der Waals surface area contributed by atoms with Gasteiger partial charge in [0.2, 0.25) is 0 Å². The molecular formula is C19H27N3O3S2. The molecule has 0 aromatic carbocycles. The zero-order valence-corrected chi connectivity index (χ0v) is 17.4. The number of nitrogens with zero attached hydrogens (tertiary/aromatic N) is 3. The minimum Gasteiger partial charge on any atom is -0.391 e. The van der Waals surface area contributed by atoms with Crippen molar-refractivity contribution in [2.45, 2.75) is 50.4 Å². The van der Waals surface area contributed by atoms with Crippen LogP contribution in [0.1, 0.15) is 30.2 Å². The molecule has 1 saturated heterocycles. The average Bonchev–Trinajstić information content (AvgIpc) is 3.24. The molecule has 148 valence electrons. The van der Waals surface area contributed by atoms with Crippen LogP contribution >= 0.6 is 23.1 Å². The maximum atomic E-state index is 13.2. The molecule has 0 spiro atoms. The fourth-order valence-corrected chi connectivity index (χ4v) is 6.14. The normalized spacial score (nSPS) is 18.9. The van der Waals surface area contributed by atoms with E-state index in [9.17, 15) is 9.90 Å². The van der Waals surface area contributed by atoms with Crippen molar-refractivity contribution in [3.8, 4) is 0 Å². The van der Waals surface area contributed by atoms with Gasteiger partial charge in [-0.25, -0.2) is 4.98 Å². The molecule has 1 fully saturated rings. The van der Waals surface area contributed by atoms with E-state index in [1.54, 1.807) is 11.3 Å². The number of aromatic nitrogens is 2. The summed E-state index contributed by atoms with van der Waals surface area (Å²) in [6.45, 7) is 6.60. The van der Waals surface area contributed by atoms with E-state index in [2.05, 4.69) is 11.8 Å². The number of hydrogen-bond donors (Lipinski definition) is 1. The maximum absolute atomic E-state index is 13.2. The molecule has 6 nitrogen and oxygen atoms in total. The highest BCUT2D eigenvalue weighted by Gasteiger charge is 2.23. The Morgan fingerprint density at radius 1 is 1.33 bits per heavy atom. The summed E-state index contributed by atoms with van der Waals surface area (Å²) in [6.07, 6.45) is 3.68. The molecule has 1 aliphatic carbocycles. The van der Waals surface area contributed by atoms with E-state index in [1.807, 2.05) is 4.57 Å². The van der Waals surface area contributed by atoms with Crippen LogP contribution in [0.25, 0.3) is 10.2 Å². The second kappa shape index (κ2) is 8.61. The first kappa shape index (κ1) is 19.4. The lowest BCUT2D eigenvalue weighted by Crippen LogP contribution is -2.41. The van der Waals surface area contributed by atoms with Crippen molar-refractivity contribution < 1.29 is 9.84 Å². The van der Waals surface area contributed by atoms with Gasteiger partial charge in [0, 0.05) is 36.8 Å². The van der Waals surface area contributed by atoms with Gasteiger partial charge in [-0.3, -0.25) is 14.3 Å². The smallest absolute Gasteiger partial charge is 0.263 e. The predicted octanol–water partition coefficient (Wildman–Crippen LogP) is 2.14. The van der Waals surface area contributed by atoms with E-state index in [4.69, 9.17) is 9.72 Å². The Labute approximate surface area is 167 Å². The molecule has 3 heterocycles. The Bertz CT molecular complexity index is 858. The molecule has 1 N–H and O–H groups in total. The molecule has 0 bridgehead atoms. The number of thiophene rings is 1. The van der Waals surface area contributed by atoms with Crippen molar-refractivity contribution in [1.82, 2.24) is 14.5 Å². The van der Waals surface area contributed by atoms with Crippen LogP contribution in [0.3, 0.4) is 0 Å². The van der Waals surface area contributed by atoms with Gasteiger partial charge in [0.25, 0.3) is 5.56 Å². The van der Waals surface area contributed by atoms with E-state index in [0.29, 0.717) is 18.8 Å². The molecule has 0 amide bonds. The van der Waals surface area contributed by atoms with E-state index < -0.39 is 6.10 Å². The lowest BCUT2D eigenvalue weighted by Gasteiger charge is -2.28. The highest BCUT2D eigenvalue weighted by molar-refractivity contribution is 7.99. The fraction of sp³-hybridized carbons (Fsp3) is 0.684. The standard InChI is InChI=1S/C19H27N3O3S2/c1-2-6-22-18(24)16-14-4-3-5-15(14)27-17(16)20-19(22)26-12-13(23)11-21-7-9-25-10-8-21/h13,23H,2-12H2,1H3/t13-/m0/s1. The third-order valence-electron chi connectivity index (χ3n) is 5.21. The van der Waals surface area contributed by atoms with Gasteiger partial charge in [-0.1, -0.05) is 18.7 Å². The zero-order chi connectivity index (χ0) is 18.8. The molecule has 1 aliphatic heterocycles. The lowest BCUT2D eigenvalue weighted by atomic mass is 10.2. The van der Waals surface area contributed by atoms with Gasteiger partial charge in [-0.15, -0.1) is 11.3 Å². The topological polar surface area (TPSA) is 67.6 Å². The van der Waals surface area contributed by atoms with Gasteiger partial charge in [-0.2, -0.15) is 0 Å². The third-order valence-corrected chi connectivity index (χ3v) is 7.52. The Morgan fingerprint density at radius 2 is 2.15 bits per heavy atom. The van der Waals surface area contributed by atoms with Crippen LogP contribution < -0.4 is 5.56 Å². The summed E-state index contributed by atoms with van der Waals surface area (Å²) in [5, 5.41) is 12.0. The van der Waals surface area contributed by atoms with Gasteiger partial charge >= 0.3 is 0 Å². The van der Waals surface area contributed by atoms with Gasteiger partial charge < -0.3 is 9.84 Å². The maximum Gasteiger partial charge on any atom is 0.263 e. The lowest BCUT2D eigenvalue weighted by molar-refractivity contribution is 0.0188. The Hall–Kier alpha value is -0.930. The quantitative estimate of drug-likeness (QED) is 0.558. The summed E-state index contributed by atoms with van der Waals surface area (Å²) in [5.74, 6) is 0.546. The van der Waals surface area contributed by atoms with Crippen LogP contribution in [-0.4, -0.2) is 64.3 Å². The van der Waals surface area contributed by atoms with E-state index in [1.165, 1.54) is 22.2 Å². The first-order valence-electron chi connectivity index (χ1n) is 9.83. The van der Waals surface area contributed by atoms with Crippen molar-refractivity contribution in [2.75, 3.05) is 38.6 Å². The largest absolute Gasteiger partial charge is 0.391 e. The summed E-state index contributed by atoms with van der Waals surface area (Å²) >= 11 is 3.19. The molecule has 1 atom stereocenters. The van der Waals surface area contributed by atoms with Gasteiger partial charge in [0.1, 0.15) is 4.83 Å². The SMILES string of the molecule is CCCn1c(SC[C@@H](O)CN2CCOCC2)nc2sc3c(c2c1=O)CCC3. The number of rotatable bonds is 7. The minimum atomic E-state index is -0.441. The molecule has 2 aromatic heterocycles. The highest BCUT2D eigenvalue weighted by atomic mass is 32.2. The first-order valence-corrected chi connectivity index (χ1v) is 11.6. The van der Waals surface area contributed by atoms with Gasteiger partial charge in [0.05, 0.1) is 24.7 Å². The zero-order valence-electron chi connectivity index (χ0n) is 15.8. The van der Waals surface area contributed by atoms with E-state index in [-0.39, 0.29) is 5.56 Å². The van der Waals surface area contributed by atoms with Crippen molar-refractivity contribution in [3.05, 3.63) is 20.8 Å². The summed E-state index contributed by atoms with van der Waals surface area (Å²) in [6, 6.07) is 0. The Balaban J connectivity index is 1.53. The number of fused-ring (bicyclic) bond motifs is 3. The molecule has 27 heavy (non-hydrogen) atoms. The second-order valence-corrected chi connectivity index (χ2v) is 9.34. The minimum absolute atomic E-state index is 0.103. The van der Waals surface area contributed by atoms with Crippen LogP contribution in [0.15, 0.2) is 9.95 Å². The molecule has 4 rings (SSSR count). The molecule has 8 heteroatoms. The van der Waals surface area contributed by atoms with E-state index in [0.717, 1.165) is 67.4 Å². The number of thioether (sulfide) groups is 1. The van der Waals surface area contributed by atoms with Gasteiger partial charge in [-0.05, 0) is 31.2 Å². The third kappa shape index (κ3) is 4.10. The average molecular weight is 410 g/mol. The number of aliphatic hydroxyl groups excluding tert-OH is 1. The molecule has 0 unspecified atom stereocenters. The monoisotopic (exact) mass is 409 g/mol. The Morgan fingerprint density at radius 3 is 2.93 bits per heavy atom. The van der Waals surface area contributed by atoms with E-state index >= 15 is 0 Å². The number of aryl methyl sites for hydroxylation is 2. The molecule has 0 radical (unpaired) electrons. The second-order valence-electron chi connectivity index (χ2n) is 7.27. The summed E-state index contributed by atoms with van der Waals surface area (Å²) in [5.41, 5.74) is 1.34. The number of ether oxygens (including phenoxy) is 1. The van der Waals surface area contributed by atoms with Crippen molar-refractivity contribution in [2.24, 2.45) is 0 Å². The summed E-state index contributed by atoms with van der Waals surface area (Å²) in [4.78, 5) is 22.4. The number of aliphatic hydroxyl groups is 1. The number of β-amino-alcohol motifs (C(OH)–C–C–N with tert-alkyl or cyclic N) is 1. The number of hydrogen-bond acceptors (Lipinski definition) is 7. The van der Waals surface area contributed by atoms with Crippen LogP contribution in [0, 0.1) is 0 Å². The highest BCUT2D eigenvalue weighted by Crippen LogP contribution is 2.35. The van der Waals surface area contributed by atoms with Crippen LogP contribution in [0.2, 0.25) is 0 Å². The van der Waals surface area contributed by atoms with Crippen molar-refractivity contribution in [3.63, 3.8) is 0 Å². The Kier molecular flexibility index (Phi) is 6.18.